The van der Waals surface area contributed by atoms with E-state index in [2.05, 4.69) is 6.92 Å². The van der Waals surface area contributed by atoms with E-state index >= 15 is 0 Å². The van der Waals surface area contributed by atoms with Crippen LogP contribution in [0.3, 0.4) is 0 Å². The van der Waals surface area contributed by atoms with Crippen LogP contribution in [0.4, 0.5) is 0 Å². The Morgan fingerprint density at radius 3 is 2.62 bits per heavy atom. The van der Waals surface area contributed by atoms with Crippen molar-refractivity contribution in [3.8, 4) is 22.6 Å². The van der Waals surface area contributed by atoms with Gasteiger partial charge in [0, 0.05) is 13.5 Å². The highest BCUT2D eigenvalue weighted by atomic mass is 16.5. The van der Waals surface area contributed by atoms with Gasteiger partial charge in [-0.2, -0.15) is 0 Å². The number of hydrogen-bond acceptors (Lipinski definition) is 5. The lowest BCUT2D eigenvalue weighted by Crippen LogP contribution is -2.41. The highest BCUT2D eigenvalue weighted by Crippen LogP contribution is 2.43. The van der Waals surface area contributed by atoms with Crippen LogP contribution in [0, 0.1) is 6.92 Å². The second-order valence-electron chi connectivity index (χ2n) is 8.23. The molecule has 0 fully saturated rings. The molecule has 5 rings (SSSR count). The molecular weight excluding hydrogens is 402 g/mol. The number of likely N-dealkylation sites (N-methyl/N-ethyl adjacent to an activating group) is 1. The van der Waals surface area contributed by atoms with Crippen LogP contribution in [-0.4, -0.2) is 37.5 Å². The molecular formula is C26H25N3O3. The van der Waals surface area contributed by atoms with Crippen molar-refractivity contribution in [3.05, 3.63) is 82.9 Å². The summed E-state index contributed by atoms with van der Waals surface area (Å²) in [6.07, 6.45) is 0.811. The summed E-state index contributed by atoms with van der Waals surface area (Å²) in [5.41, 5.74) is 10.7. The largest absolute Gasteiger partial charge is 0.497 e. The molecule has 0 saturated carbocycles. The number of carbonyl (C=O) groups excluding carboxylic acids is 1. The molecule has 6 heteroatoms. The molecule has 32 heavy (non-hydrogen) atoms. The number of aliphatic imine (C=N–C) groups is 1. The van der Waals surface area contributed by atoms with E-state index in [0.717, 1.165) is 51.3 Å². The lowest BCUT2D eigenvalue weighted by Gasteiger charge is -2.27. The third-order valence-electron chi connectivity index (χ3n) is 6.38. The van der Waals surface area contributed by atoms with E-state index in [1.165, 1.54) is 4.90 Å². The zero-order valence-electron chi connectivity index (χ0n) is 18.4. The first-order chi connectivity index (χ1) is 15.4. The Kier molecular flexibility index (Phi) is 4.66. The van der Waals surface area contributed by atoms with Gasteiger partial charge in [-0.1, -0.05) is 30.3 Å². The van der Waals surface area contributed by atoms with Crippen LogP contribution < -0.4 is 15.2 Å². The summed E-state index contributed by atoms with van der Waals surface area (Å²) in [6.45, 7) is 2.70. The fourth-order valence-electron chi connectivity index (χ4n) is 4.54. The Bertz CT molecular complexity index is 1270. The number of guanidine groups is 1. The van der Waals surface area contributed by atoms with Crippen molar-refractivity contribution < 1.29 is 14.3 Å². The summed E-state index contributed by atoms with van der Waals surface area (Å²) >= 11 is 0. The monoisotopic (exact) mass is 427 g/mol. The Labute approximate surface area is 187 Å². The fourth-order valence-corrected chi connectivity index (χ4v) is 4.54. The minimum atomic E-state index is -1.24. The molecule has 1 unspecified atom stereocenters. The molecule has 3 aromatic carbocycles. The summed E-state index contributed by atoms with van der Waals surface area (Å²) in [7, 11) is 3.32. The van der Waals surface area contributed by atoms with Gasteiger partial charge in [0.15, 0.2) is 11.5 Å². The quantitative estimate of drug-likeness (QED) is 0.690. The summed E-state index contributed by atoms with van der Waals surface area (Å²) in [5, 5.41) is 0. The maximum absolute atomic E-state index is 13.7. The van der Waals surface area contributed by atoms with Crippen LogP contribution in [-0.2, 0) is 16.8 Å². The van der Waals surface area contributed by atoms with Crippen LogP contribution in [0.25, 0.3) is 11.1 Å². The Hall–Kier alpha value is -3.80. The second kappa shape index (κ2) is 7.41. The Morgan fingerprint density at radius 1 is 1.09 bits per heavy atom. The predicted octanol–water partition coefficient (Wildman–Crippen LogP) is 3.64. The average Bonchev–Trinajstić information content (AvgIpc) is 3.38. The van der Waals surface area contributed by atoms with E-state index in [9.17, 15) is 4.79 Å². The number of hydrogen-bond donors (Lipinski definition) is 1. The molecule has 2 aliphatic heterocycles. The minimum absolute atomic E-state index is 0.172. The van der Waals surface area contributed by atoms with E-state index in [-0.39, 0.29) is 11.9 Å². The van der Waals surface area contributed by atoms with Gasteiger partial charge in [-0.15, -0.1) is 0 Å². The highest BCUT2D eigenvalue weighted by molar-refractivity contribution is 6.09. The third kappa shape index (κ3) is 2.94. The first-order valence-electron chi connectivity index (χ1n) is 10.6. The standard InChI is InChI=1S/C26H25N3O3/c1-16-7-8-20(15-22(16)17-5-4-6-21(14-17)31-3)26(24(30)29(2)25(27)28-26)19-9-10-23-18(13-19)11-12-32-23/h4-10,13-15H,11-12H2,1-3H3,(H2,27,28). The van der Waals surface area contributed by atoms with Gasteiger partial charge >= 0.3 is 0 Å². The number of nitrogens with zero attached hydrogens (tertiary/aromatic N) is 2. The van der Waals surface area contributed by atoms with Crippen molar-refractivity contribution in [2.75, 3.05) is 20.8 Å². The summed E-state index contributed by atoms with van der Waals surface area (Å²) in [4.78, 5) is 19.8. The molecule has 2 N–H and O–H groups in total. The Balaban J connectivity index is 1.73. The van der Waals surface area contributed by atoms with Crippen LogP contribution in [0.15, 0.2) is 65.7 Å². The number of benzene rings is 3. The van der Waals surface area contributed by atoms with Gasteiger partial charge in [0.25, 0.3) is 5.91 Å². The molecule has 0 spiro atoms. The highest BCUT2D eigenvalue weighted by Gasteiger charge is 2.50. The van der Waals surface area contributed by atoms with Crippen LogP contribution in [0.5, 0.6) is 11.5 Å². The number of ether oxygens (including phenoxy) is 2. The molecule has 6 nitrogen and oxygen atoms in total. The first kappa shape index (κ1) is 20.1. The van der Waals surface area contributed by atoms with E-state index < -0.39 is 5.54 Å². The van der Waals surface area contributed by atoms with Gasteiger partial charge in [-0.25, -0.2) is 4.99 Å². The number of aryl methyl sites for hydroxylation is 1. The smallest absolute Gasteiger partial charge is 0.266 e. The summed E-state index contributed by atoms with van der Waals surface area (Å²) in [6, 6.07) is 19.8. The van der Waals surface area contributed by atoms with Crippen LogP contribution >= 0.6 is 0 Å². The Morgan fingerprint density at radius 2 is 1.88 bits per heavy atom. The number of carbonyl (C=O) groups is 1. The molecule has 0 aromatic heterocycles. The van der Waals surface area contributed by atoms with Gasteiger partial charge in [0.2, 0.25) is 0 Å². The average molecular weight is 428 g/mol. The van der Waals surface area contributed by atoms with E-state index in [0.29, 0.717) is 6.61 Å². The molecule has 3 aromatic rings. The number of rotatable bonds is 4. The second-order valence-corrected chi connectivity index (χ2v) is 8.23. The van der Waals surface area contributed by atoms with Crippen molar-refractivity contribution in [1.29, 1.82) is 0 Å². The third-order valence-corrected chi connectivity index (χ3v) is 6.38. The van der Waals surface area contributed by atoms with Gasteiger partial charge < -0.3 is 15.2 Å². The normalized spacial score (nSPS) is 19.5. The van der Waals surface area contributed by atoms with Crippen molar-refractivity contribution in [1.82, 2.24) is 4.90 Å². The minimum Gasteiger partial charge on any atom is -0.497 e. The van der Waals surface area contributed by atoms with Crippen molar-refractivity contribution in [2.45, 2.75) is 18.9 Å². The summed E-state index contributed by atoms with van der Waals surface area (Å²) < 4.78 is 11.1. The predicted molar refractivity (Wildman–Crippen MR) is 124 cm³/mol. The van der Waals surface area contributed by atoms with E-state index in [1.54, 1.807) is 14.2 Å². The molecule has 0 aliphatic carbocycles. The van der Waals surface area contributed by atoms with E-state index in [4.69, 9.17) is 20.2 Å². The lowest BCUT2D eigenvalue weighted by molar-refractivity contribution is -0.129. The van der Waals surface area contributed by atoms with Crippen molar-refractivity contribution in [2.24, 2.45) is 10.7 Å². The first-order valence-corrected chi connectivity index (χ1v) is 10.6. The number of amides is 1. The molecule has 1 amide bonds. The lowest BCUT2D eigenvalue weighted by atomic mass is 9.80. The fraction of sp³-hybridized carbons (Fsp3) is 0.231. The molecule has 0 radical (unpaired) electrons. The molecule has 0 saturated heterocycles. The number of nitrogens with two attached hydrogens (primary N) is 1. The zero-order valence-corrected chi connectivity index (χ0v) is 18.4. The molecule has 2 heterocycles. The molecule has 2 aliphatic rings. The molecule has 1 atom stereocenters. The van der Waals surface area contributed by atoms with Crippen LogP contribution in [0.2, 0.25) is 0 Å². The summed E-state index contributed by atoms with van der Waals surface area (Å²) in [5.74, 6) is 1.67. The van der Waals surface area contributed by atoms with Gasteiger partial charge in [-0.3, -0.25) is 9.69 Å². The van der Waals surface area contributed by atoms with Crippen molar-refractivity contribution in [3.63, 3.8) is 0 Å². The van der Waals surface area contributed by atoms with Gasteiger partial charge in [0.1, 0.15) is 11.5 Å². The number of methoxy groups -OCH3 is 1. The maximum Gasteiger partial charge on any atom is 0.266 e. The van der Waals surface area contributed by atoms with Crippen molar-refractivity contribution >= 4 is 11.9 Å². The number of fused-ring (bicyclic) bond motifs is 1. The van der Waals surface area contributed by atoms with Crippen LogP contribution in [0.1, 0.15) is 22.3 Å². The maximum atomic E-state index is 13.7. The SMILES string of the molecule is COc1cccc(-c2cc(C3(c4ccc5c(c4)CCO5)N=C(N)N(C)C3=O)ccc2C)c1. The molecule has 0 bridgehead atoms. The zero-order chi connectivity index (χ0) is 22.5. The topological polar surface area (TPSA) is 77.2 Å². The molecule has 162 valence electrons. The van der Waals surface area contributed by atoms with E-state index in [1.807, 2.05) is 60.7 Å². The van der Waals surface area contributed by atoms with Gasteiger partial charge in [0.05, 0.1) is 13.7 Å². The van der Waals surface area contributed by atoms with Gasteiger partial charge in [-0.05, 0) is 70.6 Å².